The number of pyridine rings is 1. The van der Waals surface area contributed by atoms with E-state index >= 15 is 8.78 Å². The van der Waals surface area contributed by atoms with Gasteiger partial charge in [-0.25, -0.2) is 8.78 Å². The number of hydrogen-bond donors (Lipinski definition) is 2. The summed E-state index contributed by atoms with van der Waals surface area (Å²) < 4.78 is 82.9. The smallest absolute Gasteiger partial charge is 0.319 e. The van der Waals surface area contributed by atoms with Crippen LogP contribution in [-0.4, -0.2) is 127 Å². The number of aromatic nitrogens is 3. The zero-order valence-electron chi connectivity index (χ0n) is 31.7. The van der Waals surface area contributed by atoms with Gasteiger partial charge < -0.3 is 29.6 Å². The number of piperazine rings is 1. The third kappa shape index (κ3) is 6.87. The van der Waals surface area contributed by atoms with Gasteiger partial charge in [0.2, 0.25) is 0 Å². The minimum absolute atomic E-state index is 0.0783. The maximum Gasteiger partial charge on any atom is 0.319 e. The van der Waals surface area contributed by atoms with Crippen molar-refractivity contribution in [3.05, 3.63) is 34.5 Å². The van der Waals surface area contributed by atoms with E-state index in [-0.39, 0.29) is 86.5 Å². The van der Waals surface area contributed by atoms with E-state index in [2.05, 4.69) is 25.8 Å². The van der Waals surface area contributed by atoms with Gasteiger partial charge in [-0.2, -0.15) is 23.6 Å². The molecule has 6 aliphatic rings. The molecule has 3 N–H and O–H groups in total. The van der Waals surface area contributed by atoms with Crippen LogP contribution >= 0.6 is 11.3 Å². The fourth-order valence-corrected chi connectivity index (χ4v) is 10.8. The highest BCUT2D eigenvalue weighted by Crippen LogP contribution is 2.48. The van der Waals surface area contributed by atoms with Crippen LogP contribution in [0.2, 0.25) is 0 Å². The van der Waals surface area contributed by atoms with E-state index in [4.69, 9.17) is 39.2 Å². The Bertz CT molecular complexity index is 2390. The Morgan fingerprint density at radius 2 is 1.88 bits per heavy atom. The minimum atomic E-state index is -3.67. The molecule has 0 radical (unpaired) electrons. The number of rotatable bonds is 8. The van der Waals surface area contributed by atoms with Gasteiger partial charge in [0.15, 0.2) is 11.6 Å². The lowest BCUT2D eigenvalue weighted by atomic mass is 9.93. The predicted molar refractivity (Wildman–Crippen MR) is 208 cm³/mol. The van der Waals surface area contributed by atoms with Crippen LogP contribution in [0.15, 0.2) is 6.20 Å². The van der Waals surface area contributed by atoms with Crippen LogP contribution in [0, 0.1) is 23.0 Å². The predicted octanol–water partition coefficient (Wildman–Crippen LogP) is 4.25. The highest BCUT2D eigenvalue weighted by molar-refractivity contribution is 7.85. The molecule has 4 aromatic rings. The molecule has 304 valence electrons. The molecule has 57 heavy (non-hydrogen) atoms. The summed E-state index contributed by atoms with van der Waals surface area (Å²) in [6.07, 6.45) is 8.18. The van der Waals surface area contributed by atoms with Gasteiger partial charge in [-0.15, -0.1) is 11.3 Å². The number of nitrogen functional groups attached to an aromatic ring is 1. The second-order valence-corrected chi connectivity index (χ2v) is 18.5. The second kappa shape index (κ2) is 14.7. The fourth-order valence-electron chi connectivity index (χ4n) is 9.90. The van der Waals surface area contributed by atoms with E-state index < -0.39 is 21.8 Å². The highest BCUT2D eigenvalue weighted by atomic mass is 32.2. The Labute approximate surface area is 332 Å². The molecule has 0 saturated carbocycles. The molecule has 5 saturated heterocycles. The number of benzene rings is 1. The molecule has 0 aliphatic carbocycles. The van der Waals surface area contributed by atoms with E-state index in [0.717, 1.165) is 101 Å². The van der Waals surface area contributed by atoms with Crippen LogP contribution in [0.25, 0.3) is 32.2 Å². The first-order valence-electron chi connectivity index (χ1n) is 19.2. The van der Waals surface area contributed by atoms with Crippen LogP contribution < -0.4 is 15.4 Å². The van der Waals surface area contributed by atoms with Crippen LogP contribution in [0.3, 0.4) is 0 Å². The second-order valence-electron chi connectivity index (χ2n) is 16.0. The van der Waals surface area contributed by atoms with Crippen LogP contribution in [-0.2, 0) is 37.5 Å². The lowest BCUT2D eigenvalue weighted by Crippen LogP contribution is -2.56. The summed E-state index contributed by atoms with van der Waals surface area (Å²) in [5, 5.41) is 11.0. The topological polar surface area (TPSA) is 189 Å². The number of nitrogens with zero attached hydrogens (tertiary/aromatic N) is 7. The van der Waals surface area contributed by atoms with Crippen molar-refractivity contribution >= 4 is 53.3 Å². The number of ether oxygens (including phenoxy) is 4. The maximum absolute atomic E-state index is 17.6. The van der Waals surface area contributed by atoms with Gasteiger partial charge in [-0.05, 0) is 56.2 Å². The molecule has 19 heteroatoms. The number of anilines is 2. The van der Waals surface area contributed by atoms with E-state index in [1.165, 1.54) is 0 Å². The fraction of sp³-hybridized carbons (Fsp3) is 0.579. The first kappa shape index (κ1) is 38.6. The number of methoxy groups -OCH3 is 1. The average molecular weight is 827 g/mol. The van der Waals surface area contributed by atoms with Crippen LogP contribution in [0.5, 0.6) is 6.01 Å². The monoisotopic (exact) mass is 826 g/mol. The maximum atomic E-state index is 17.6. The summed E-state index contributed by atoms with van der Waals surface area (Å²) in [6, 6.07) is 2.57. The number of likely N-dealkylation sites (tertiary alicyclic amines) is 1. The van der Waals surface area contributed by atoms with Crippen molar-refractivity contribution in [1.82, 2.24) is 24.8 Å². The Morgan fingerprint density at radius 1 is 1.14 bits per heavy atom. The molecule has 2 bridgehead atoms. The summed E-state index contributed by atoms with van der Waals surface area (Å²) in [7, 11) is -1.91. The Balaban J connectivity index is 0.000000798. The van der Waals surface area contributed by atoms with Gasteiger partial charge in [-0.3, -0.25) is 19.3 Å². The SMILES string of the molecule is COC1CN2CCCC2(COc2nc(N3C4CCC3CN(C[C@H]3CCO3)C4)c3c4c(c(-c5ncc(F)c6sc(N)c(C#N)c56)c(F)c3n2)COC4)C1.CS(=O)(=O)O. The van der Waals surface area contributed by atoms with E-state index in [1.54, 1.807) is 7.11 Å². The molecule has 5 fully saturated rings. The molecule has 9 heterocycles. The van der Waals surface area contributed by atoms with Crippen molar-refractivity contribution in [3.63, 3.8) is 0 Å². The molecule has 1 aromatic carbocycles. The average Bonchev–Trinajstić information content (AvgIpc) is 3.96. The lowest BCUT2D eigenvalue weighted by molar-refractivity contribution is -0.0687. The molecule has 0 amide bonds. The molecular weight excluding hydrogens is 783 g/mol. The lowest BCUT2D eigenvalue weighted by Gasteiger charge is -2.44. The van der Waals surface area contributed by atoms with Gasteiger partial charge in [0.05, 0.1) is 64.8 Å². The number of nitriles is 1. The van der Waals surface area contributed by atoms with Gasteiger partial charge >= 0.3 is 6.01 Å². The molecular formula is C38H44F2N8O7S2. The summed E-state index contributed by atoms with van der Waals surface area (Å²) in [5.41, 5.74) is 7.83. The Kier molecular flexibility index (Phi) is 10.00. The quantitative estimate of drug-likeness (QED) is 0.240. The Hall–Kier alpha value is -3.87. The summed E-state index contributed by atoms with van der Waals surface area (Å²) >= 11 is 0.958. The third-order valence-corrected chi connectivity index (χ3v) is 13.5. The largest absolute Gasteiger partial charge is 0.461 e. The molecule has 5 atom stereocenters. The number of halogens is 2. The van der Waals surface area contributed by atoms with Crippen LogP contribution in [0.1, 0.15) is 55.2 Å². The van der Waals surface area contributed by atoms with Crippen molar-refractivity contribution in [2.45, 2.75) is 81.6 Å². The zero-order valence-corrected chi connectivity index (χ0v) is 33.3. The highest BCUT2D eigenvalue weighted by Gasteiger charge is 2.50. The van der Waals surface area contributed by atoms with E-state index in [1.807, 2.05) is 0 Å². The first-order valence-corrected chi connectivity index (χ1v) is 21.9. The van der Waals surface area contributed by atoms with Crippen molar-refractivity contribution in [2.75, 3.05) is 69.9 Å². The summed E-state index contributed by atoms with van der Waals surface area (Å²) in [4.78, 5) is 21.7. The van der Waals surface area contributed by atoms with Crippen molar-refractivity contribution in [2.24, 2.45) is 0 Å². The van der Waals surface area contributed by atoms with E-state index in [9.17, 15) is 13.7 Å². The van der Waals surface area contributed by atoms with Crippen LogP contribution in [0.4, 0.5) is 19.6 Å². The molecule has 10 rings (SSSR count). The Morgan fingerprint density at radius 3 is 2.56 bits per heavy atom. The van der Waals surface area contributed by atoms with E-state index in [0.29, 0.717) is 29.6 Å². The summed E-state index contributed by atoms with van der Waals surface area (Å²) in [6.45, 7) is 6.01. The van der Waals surface area contributed by atoms with Crippen molar-refractivity contribution < 1.29 is 40.7 Å². The molecule has 4 unspecified atom stereocenters. The molecule has 3 aromatic heterocycles. The summed E-state index contributed by atoms with van der Waals surface area (Å²) in [5.74, 6) is -0.584. The van der Waals surface area contributed by atoms with Gasteiger partial charge in [0.25, 0.3) is 10.1 Å². The molecule has 6 aliphatic heterocycles. The third-order valence-electron chi connectivity index (χ3n) is 12.4. The number of hydrogen-bond acceptors (Lipinski definition) is 15. The number of nitrogens with two attached hydrogens (primary N) is 1. The minimum Gasteiger partial charge on any atom is -0.461 e. The standard InChI is InChI=1S/C37H40F2N8O4S.CH4O3S/c1-48-22-9-37(6-2-7-46(37)15-22)18-51-36-43-32-29(35(44-36)47-19-3-4-20(47)13-45(12-19)14-21-5-8-50-21)25-17-49-16-24(25)27(30(32)39)31-28-23(10-40)34(41)52-33(28)26(38)11-42-31;1-5(2,3)4/h11,19-22H,2-9,12-18,41H2,1H3;1H3,(H,2,3,4)/t19?,20?,21-,22?,37?;/m1./s1. The van der Waals surface area contributed by atoms with Gasteiger partial charge in [0.1, 0.15) is 29.0 Å². The molecule has 15 nitrogen and oxygen atoms in total. The number of thiophene rings is 1. The van der Waals surface area contributed by atoms with Gasteiger partial charge in [0, 0.05) is 62.9 Å². The first-order chi connectivity index (χ1) is 27.4. The van der Waals surface area contributed by atoms with Crippen molar-refractivity contribution in [1.29, 1.82) is 5.26 Å². The molecule has 0 spiro atoms. The number of fused-ring (bicyclic) bond motifs is 7. The van der Waals surface area contributed by atoms with Gasteiger partial charge in [-0.1, -0.05) is 0 Å². The van der Waals surface area contributed by atoms with Crippen molar-refractivity contribution in [3.8, 4) is 23.3 Å². The normalized spacial score (nSPS) is 27.0. The zero-order chi connectivity index (χ0) is 39.8.